The van der Waals surface area contributed by atoms with Crippen molar-refractivity contribution in [2.75, 3.05) is 11.4 Å². The van der Waals surface area contributed by atoms with Gasteiger partial charge in [0.25, 0.3) is 5.56 Å². The van der Waals surface area contributed by atoms with Crippen LogP contribution in [0.5, 0.6) is 0 Å². The SMILES string of the molecule is CCN1C(=c2sc3nc4ccccc4n3c2=O)C=Cc2cc(C)ccc21. The minimum absolute atomic E-state index is 0.00682. The number of aryl methyl sites for hydroxylation is 1. The number of aromatic nitrogens is 2. The topological polar surface area (TPSA) is 37.6 Å². The third kappa shape index (κ3) is 2.07. The zero-order valence-electron chi connectivity index (χ0n) is 14.6. The molecule has 2 aromatic heterocycles. The molecule has 5 rings (SSSR count). The fourth-order valence-corrected chi connectivity index (χ4v) is 4.71. The minimum Gasteiger partial charge on any atom is -0.340 e. The molecule has 4 aromatic rings. The number of fused-ring (bicyclic) bond motifs is 4. The van der Waals surface area contributed by atoms with Crippen LogP contribution in [0.4, 0.5) is 5.69 Å². The van der Waals surface area contributed by atoms with Crippen LogP contribution < -0.4 is 15.0 Å². The van der Waals surface area contributed by atoms with Crippen molar-refractivity contribution in [3.8, 4) is 0 Å². The van der Waals surface area contributed by atoms with Crippen molar-refractivity contribution >= 4 is 44.8 Å². The van der Waals surface area contributed by atoms with Crippen LogP contribution in [0.2, 0.25) is 0 Å². The molecule has 5 heteroatoms. The van der Waals surface area contributed by atoms with Gasteiger partial charge >= 0.3 is 0 Å². The Balaban J connectivity index is 1.83. The van der Waals surface area contributed by atoms with Crippen LogP contribution in [0.15, 0.2) is 53.3 Å². The zero-order chi connectivity index (χ0) is 17.8. The van der Waals surface area contributed by atoms with Gasteiger partial charge in [0.2, 0.25) is 0 Å². The van der Waals surface area contributed by atoms with E-state index in [9.17, 15) is 4.79 Å². The average molecular weight is 359 g/mol. The number of thiazole rings is 1. The predicted molar refractivity (Wildman–Crippen MR) is 109 cm³/mol. The van der Waals surface area contributed by atoms with Gasteiger partial charge in [-0.25, -0.2) is 9.38 Å². The molecule has 3 heterocycles. The molecule has 0 N–H and O–H groups in total. The molecule has 128 valence electrons. The van der Waals surface area contributed by atoms with E-state index in [1.807, 2.05) is 24.3 Å². The Morgan fingerprint density at radius 1 is 1.12 bits per heavy atom. The van der Waals surface area contributed by atoms with Gasteiger partial charge in [-0.15, -0.1) is 0 Å². The highest BCUT2D eigenvalue weighted by atomic mass is 32.1. The molecule has 1 aliphatic heterocycles. The number of likely N-dealkylation sites (N-methyl/N-ethyl adjacent to an activating group) is 1. The lowest BCUT2D eigenvalue weighted by Crippen LogP contribution is -2.33. The molecular weight excluding hydrogens is 342 g/mol. The van der Waals surface area contributed by atoms with E-state index in [0.717, 1.165) is 38.5 Å². The summed E-state index contributed by atoms with van der Waals surface area (Å²) in [5.41, 5.74) is 6.26. The second kappa shape index (κ2) is 5.54. The maximum absolute atomic E-state index is 13.2. The van der Waals surface area contributed by atoms with Gasteiger partial charge in [0.15, 0.2) is 4.96 Å². The van der Waals surface area contributed by atoms with Gasteiger partial charge in [-0.2, -0.15) is 0 Å². The van der Waals surface area contributed by atoms with Crippen LogP contribution in [-0.4, -0.2) is 15.9 Å². The Morgan fingerprint density at radius 2 is 1.96 bits per heavy atom. The number of hydrogen-bond acceptors (Lipinski definition) is 4. The van der Waals surface area contributed by atoms with Crippen LogP contribution >= 0.6 is 11.3 Å². The molecule has 0 fully saturated rings. The van der Waals surface area contributed by atoms with Crippen molar-refractivity contribution in [1.82, 2.24) is 9.38 Å². The summed E-state index contributed by atoms with van der Waals surface area (Å²) >= 11 is 1.46. The highest BCUT2D eigenvalue weighted by molar-refractivity contribution is 7.15. The van der Waals surface area contributed by atoms with E-state index in [-0.39, 0.29) is 5.56 Å². The molecule has 0 saturated heterocycles. The number of benzene rings is 2. The van der Waals surface area contributed by atoms with Crippen molar-refractivity contribution in [1.29, 1.82) is 0 Å². The quantitative estimate of drug-likeness (QED) is 0.521. The fourth-order valence-electron chi connectivity index (χ4n) is 3.65. The molecule has 26 heavy (non-hydrogen) atoms. The second-order valence-electron chi connectivity index (χ2n) is 6.48. The van der Waals surface area contributed by atoms with E-state index in [2.05, 4.69) is 54.1 Å². The van der Waals surface area contributed by atoms with E-state index >= 15 is 0 Å². The maximum Gasteiger partial charge on any atom is 0.277 e. The molecular formula is C21H17N3OS. The van der Waals surface area contributed by atoms with Gasteiger partial charge in [-0.3, -0.25) is 4.79 Å². The van der Waals surface area contributed by atoms with Crippen molar-refractivity contribution in [2.45, 2.75) is 13.8 Å². The van der Waals surface area contributed by atoms with Crippen molar-refractivity contribution < 1.29 is 0 Å². The number of hydrogen-bond donors (Lipinski definition) is 0. The Morgan fingerprint density at radius 3 is 2.81 bits per heavy atom. The van der Waals surface area contributed by atoms with Gasteiger partial charge in [-0.1, -0.05) is 41.2 Å². The van der Waals surface area contributed by atoms with Crippen molar-refractivity contribution in [3.63, 3.8) is 0 Å². The zero-order valence-corrected chi connectivity index (χ0v) is 15.4. The Bertz CT molecular complexity index is 1310. The average Bonchev–Trinajstić information content (AvgIpc) is 3.17. The Hall–Kier alpha value is -2.92. The molecule has 0 saturated carbocycles. The molecule has 0 atom stereocenters. The van der Waals surface area contributed by atoms with E-state index in [0.29, 0.717) is 0 Å². The number of rotatable bonds is 1. The predicted octanol–water partition coefficient (Wildman–Crippen LogP) is 3.60. The molecule has 4 nitrogen and oxygen atoms in total. The number of para-hydroxylation sites is 2. The first kappa shape index (κ1) is 15.3. The summed E-state index contributed by atoms with van der Waals surface area (Å²) in [4.78, 5) is 20.8. The smallest absolute Gasteiger partial charge is 0.277 e. The van der Waals surface area contributed by atoms with E-state index < -0.39 is 0 Å². The van der Waals surface area contributed by atoms with Crippen LogP contribution in [0.1, 0.15) is 18.1 Å². The molecule has 0 aliphatic carbocycles. The lowest BCUT2D eigenvalue weighted by Gasteiger charge is -2.29. The summed E-state index contributed by atoms with van der Waals surface area (Å²) in [6.45, 7) is 5.01. The molecule has 0 spiro atoms. The largest absolute Gasteiger partial charge is 0.340 e. The lowest BCUT2D eigenvalue weighted by atomic mass is 10.0. The third-order valence-electron chi connectivity index (χ3n) is 4.85. The van der Waals surface area contributed by atoms with Gasteiger partial charge in [0.05, 0.1) is 16.7 Å². The van der Waals surface area contributed by atoms with Crippen molar-refractivity contribution in [3.05, 3.63) is 74.6 Å². The van der Waals surface area contributed by atoms with Gasteiger partial charge in [0.1, 0.15) is 4.53 Å². The molecule has 2 aromatic carbocycles. The van der Waals surface area contributed by atoms with Gasteiger partial charge < -0.3 is 4.90 Å². The third-order valence-corrected chi connectivity index (χ3v) is 5.90. The van der Waals surface area contributed by atoms with Crippen LogP contribution in [0.3, 0.4) is 0 Å². The first-order valence-corrected chi connectivity index (χ1v) is 9.49. The first-order chi connectivity index (χ1) is 12.7. The summed E-state index contributed by atoms with van der Waals surface area (Å²) < 4.78 is 2.47. The molecule has 0 unspecified atom stereocenters. The summed E-state index contributed by atoms with van der Waals surface area (Å²) in [6.07, 6.45) is 4.16. The summed E-state index contributed by atoms with van der Waals surface area (Å²) in [5.74, 6) is 0. The van der Waals surface area contributed by atoms with Crippen LogP contribution in [0, 0.1) is 6.92 Å². The second-order valence-corrected chi connectivity index (χ2v) is 7.46. The molecule has 0 radical (unpaired) electrons. The summed E-state index contributed by atoms with van der Waals surface area (Å²) in [7, 11) is 0. The molecule has 0 bridgehead atoms. The van der Waals surface area contributed by atoms with Crippen LogP contribution in [0.25, 0.3) is 27.8 Å². The van der Waals surface area contributed by atoms with Crippen LogP contribution in [-0.2, 0) is 0 Å². The first-order valence-electron chi connectivity index (χ1n) is 8.68. The van der Waals surface area contributed by atoms with Gasteiger partial charge in [0, 0.05) is 12.2 Å². The Labute approximate surface area is 154 Å². The van der Waals surface area contributed by atoms with E-state index in [4.69, 9.17) is 0 Å². The lowest BCUT2D eigenvalue weighted by molar-refractivity contribution is 1.02. The minimum atomic E-state index is 0.00682. The fraction of sp³-hybridized carbons (Fsp3) is 0.143. The summed E-state index contributed by atoms with van der Waals surface area (Å²) in [5, 5.41) is 0. The number of anilines is 1. The molecule has 0 amide bonds. The highest BCUT2D eigenvalue weighted by Crippen LogP contribution is 2.31. The van der Waals surface area contributed by atoms with E-state index in [1.54, 1.807) is 4.40 Å². The van der Waals surface area contributed by atoms with Gasteiger partial charge in [-0.05, 0) is 49.8 Å². The number of nitrogens with zero attached hydrogens (tertiary/aromatic N) is 3. The Kier molecular flexibility index (Phi) is 3.27. The normalized spacial score (nSPS) is 15.8. The maximum atomic E-state index is 13.2. The summed E-state index contributed by atoms with van der Waals surface area (Å²) in [6, 6.07) is 14.2. The monoisotopic (exact) mass is 359 g/mol. The highest BCUT2D eigenvalue weighted by Gasteiger charge is 2.20. The van der Waals surface area contributed by atoms with E-state index in [1.165, 1.54) is 22.5 Å². The molecule has 1 aliphatic rings. The van der Waals surface area contributed by atoms with Crippen molar-refractivity contribution in [2.24, 2.45) is 0 Å². The standard InChI is InChI=1S/C21H17N3OS/c1-3-23-16-10-8-13(2)12-14(16)9-11-18(23)19-20(25)24-17-7-5-4-6-15(17)22-21(24)26-19/h4-12H,3H2,1-2H3. The number of imidazole rings is 1.